The first-order valence-electron chi connectivity index (χ1n) is 11.8. The Bertz CT molecular complexity index is 1200. The molecule has 2 aliphatic carbocycles. The number of hydrogen-bond donors (Lipinski definition) is 2. The first-order chi connectivity index (χ1) is 16.2. The topological polar surface area (TPSA) is 104 Å². The van der Waals surface area contributed by atoms with Gasteiger partial charge in [-0.25, -0.2) is 9.97 Å². The van der Waals surface area contributed by atoms with E-state index in [1.807, 2.05) is 25.2 Å². The second-order valence-electron chi connectivity index (χ2n) is 9.24. The minimum atomic E-state index is 0.131. The molecule has 0 spiro atoms. The van der Waals surface area contributed by atoms with Crippen LogP contribution in [-0.4, -0.2) is 40.4 Å². The Morgan fingerprint density at radius 1 is 1.03 bits per heavy atom. The molecule has 33 heavy (non-hydrogen) atoms. The molecule has 0 unspecified atom stereocenters. The van der Waals surface area contributed by atoms with E-state index < -0.39 is 0 Å². The summed E-state index contributed by atoms with van der Waals surface area (Å²) in [7, 11) is 2.01. The lowest BCUT2D eigenvalue weighted by Crippen LogP contribution is -2.30. The number of nitrogens with one attached hydrogen (secondary N) is 2. The van der Waals surface area contributed by atoms with Crippen LogP contribution in [0.5, 0.6) is 0 Å². The highest BCUT2D eigenvalue weighted by Gasteiger charge is 2.33. The van der Waals surface area contributed by atoms with Crippen molar-refractivity contribution < 1.29 is 4.79 Å². The number of carbonyl (C=O) groups is 1. The molecule has 168 valence electrons. The molecule has 5 rings (SSSR count). The van der Waals surface area contributed by atoms with Crippen molar-refractivity contribution in [2.24, 2.45) is 11.8 Å². The second kappa shape index (κ2) is 9.24. The molecule has 0 atom stereocenters. The molecular formula is C26H28N6O. The van der Waals surface area contributed by atoms with Gasteiger partial charge < -0.3 is 10.6 Å². The summed E-state index contributed by atoms with van der Waals surface area (Å²) < 4.78 is 0. The number of anilines is 1. The molecule has 2 heterocycles. The molecule has 2 aliphatic rings. The third-order valence-electron chi connectivity index (χ3n) is 6.85. The fourth-order valence-corrected chi connectivity index (χ4v) is 4.82. The normalized spacial score (nSPS) is 20.4. The number of nitriles is 1. The molecule has 0 aliphatic heterocycles. The zero-order chi connectivity index (χ0) is 22.8. The highest BCUT2D eigenvalue weighted by Crippen LogP contribution is 2.38. The van der Waals surface area contributed by atoms with Crippen LogP contribution in [0.1, 0.15) is 54.7 Å². The molecule has 0 radical (unpaired) electrons. The fourth-order valence-electron chi connectivity index (χ4n) is 4.82. The summed E-state index contributed by atoms with van der Waals surface area (Å²) in [5.41, 5.74) is 4.23. The van der Waals surface area contributed by atoms with Crippen LogP contribution in [0.25, 0.3) is 22.0 Å². The number of fused-ring (bicyclic) bond motifs is 1. The van der Waals surface area contributed by atoms with E-state index in [4.69, 9.17) is 5.26 Å². The quantitative estimate of drug-likeness (QED) is 0.527. The molecule has 1 aromatic carbocycles. The summed E-state index contributed by atoms with van der Waals surface area (Å²) >= 11 is 0. The number of pyridine rings is 1. The fraction of sp³-hybridized carbons (Fsp3) is 0.423. The lowest BCUT2D eigenvalue weighted by atomic mass is 9.85. The van der Waals surface area contributed by atoms with Gasteiger partial charge in [-0.05, 0) is 75.7 Å². The van der Waals surface area contributed by atoms with Gasteiger partial charge in [0, 0.05) is 41.5 Å². The lowest BCUT2D eigenvalue weighted by molar-refractivity contribution is 0.0968. The van der Waals surface area contributed by atoms with Crippen molar-refractivity contribution in [2.75, 3.05) is 18.9 Å². The molecule has 2 N–H and O–H groups in total. The number of benzene rings is 1. The molecule has 2 saturated carbocycles. The molecule has 7 nitrogen and oxygen atoms in total. The maximum Gasteiger partial charge on any atom is 0.232 e. The van der Waals surface area contributed by atoms with Crippen LogP contribution in [0, 0.1) is 23.2 Å². The van der Waals surface area contributed by atoms with Crippen LogP contribution >= 0.6 is 0 Å². The van der Waals surface area contributed by atoms with Crippen LogP contribution in [0.2, 0.25) is 0 Å². The van der Waals surface area contributed by atoms with Crippen molar-refractivity contribution in [3.05, 3.63) is 48.2 Å². The van der Waals surface area contributed by atoms with Gasteiger partial charge >= 0.3 is 0 Å². The van der Waals surface area contributed by atoms with Crippen molar-refractivity contribution in [3.63, 3.8) is 0 Å². The third-order valence-corrected chi connectivity index (χ3v) is 6.85. The molecule has 0 saturated heterocycles. The van der Waals surface area contributed by atoms with E-state index in [0.29, 0.717) is 11.6 Å². The Balaban J connectivity index is 1.52. The lowest BCUT2D eigenvalue weighted by Gasteiger charge is -2.30. The number of carbonyl (C=O) groups excluding carboxylic acids is 1. The molecule has 0 bridgehead atoms. The Morgan fingerprint density at radius 3 is 2.45 bits per heavy atom. The van der Waals surface area contributed by atoms with Crippen molar-refractivity contribution in [2.45, 2.75) is 44.6 Å². The predicted octanol–water partition coefficient (Wildman–Crippen LogP) is 4.35. The first-order valence-corrected chi connectivity index (χ1v) is 11.8. The first kappa shape index (κ1) is 21.5. The molecule has 7 heteroatoms. The summed E-state index contributed by atoms with van der Waals surface area (Å²) in [5, 5.41) is 17.0. The molecular weight excluding hydrogens is 412 g/mol. The van der Waals surface area contributed by atoms with Crippen LogP contribution in [-0.2, 0) is 0 Å². The van der Waals surface area contributed by atoms with Gasteiger partial charge in [0.25, 0.3) is 0 Å². The number of Topliss-reactive ketones (excluding diaryl/α,β-unsaturated/α-hetero) is 1. The van der Waals surface area contributed by atoms with Gasteiger partial charge in [0.1, 0.15) is 6.07 Å². The maximum absolute atomic E-state index is 13.1. The standard InChI is InChI=1S/C26H28N6O/c1-28-12-16-2-7-20(8-3-16)32-25-21-10-18(19-13-30-24(11-27)31-14-19)6-9-23(21)29-15-22(25)26(33)17-4-5-17/h6,9-10,13-17,20,28H,2-5,7-8,12H2,1H3,(H,29,32). The van der Waals surface area contributed by atoms with Crippen molar-refractivity contribution in [1.29, 1.82) is 5.26 Å². The monoisotopic (exact) mass is 440 g/mol. The average molecular weight is 441 g/mol. The van der Waals surface area contributed by atoms with E-state index in [1.165, 1.54) is 12.8 Å². The Morgan fingerprint density at radius 2 is 1.79 bits per heavy atom. The smallest absolute Gasteiger partial charge is 0.232 e. The van der Waals surface area contributed by atoms with Gasteiger partial charge in [0.2, 0.25) is 5.82 Å². The second-order valence-corrected chi connectivity index (χ2v) is 9.24. The van der Waals surface area contributed by atoms with Gasteiger partial charge in [0.05, 0.1) is 16.8 Å². The van der Waals surface area contributed by atoms with E-state index in [9.17, 15) is 4.79 Å². The number of nitrogens with zero attached hydrogens (tertiary/aromatic N) is 4. The van der Waals surface area contributed by atoms with Gasteiger partial charge in [-0.2, -0.15) is 5.26 Å². The Hall–Kier alpha value is -3.37. The largest absolute Gasteiger partial charge is 0.381 e. The molecule has 3 aromatic rings. The summed E-state index contributed by atoms with van der Waals surface area (Å²) in [6.07, 6.45) is 11.6. The Labute approximate surface area is 193 Å². The van der Waals surface area contributed by atoms with E-state index in [-0.39, 0.29) is 17.5 Å². The van der Waals surface area contributed by atoms with E-state index in [2.05, 4.69) is 31.7 Å². The minimum Gasteiger partial charge on any atom is -0.381 e. The zero-order valence-corrected chi connectivity index (χ0v) is 18.8. The van der Waals surface area contributed by atoms with E-state index in [1.54, 1.807) is 18.6 Å². The Kier molecular flexibility index (Phi) is 6.01. The summed E-state index contributed by atoms with van der Waals surface area (Å²) in [6, 6.07) is 8.32. The summed E-state index contributed by atoms with van der Waals surface area (Å²) in [5.74, 6) is 1.20. The number of hydrogen-bond acceptors (Lipinski definition) is 7. The van der Waals surface area contributed by atoms with Gasteiger partial charge in [-0.1, -0.05) is 6.07 Å². The van der Waals surface area contributed by atoms with Crippen LogP contribution in [0.15, 0.2) is 36.8 Å². The number of aromatic nitrogens is 3. The average Bonchev–Trinajstić information content (AvgIpc) is 3.71. The molecule has 2 aromatic heterocycles. The van der Waals surface area contributed by atoms with Crippen LogP contribution in [0.3, 0.4) is 0 Å². The van der Waals surface area contributed by atoms with Crippen LogP contribution in [0.4, 0.5) is 5.69 Å². The number of ketones is 1. The third kappa shape index (κ3) is 4.57. The SMILES string of the molecule is CNCC1CCC(Nc2c(C(=O)C3CC3)cnc3ccc(-c4cnc(C#N)nc4)cc23)CC1. The van der Waals surface area contributed by atoms with E-state index >= 15 is 0 Å². The summed E-state index contributed by atoms with van der Waals surface area (Å²) in [6.45, 7) is 1.06. The van der Waals surface area contributed by atoms with Crippen molar-refractivity contribution in [1.82, 2.24) is 20.3 Å². The highest BCUT2D eigenvalue weighted by molar-refractivity contribution is 6.10. The molecule has 0 amide bonds. The maximum atomic E-state index is 13.1. The highest BCUT2D eigenvalue weighted by atomic mass is 16.1. The predicted molar refractivity (Wildman–Crippen MR) is 128 cm³/mol. The van der Waals surface area contributed by atoms with E-state index in [0.717, 1.165) is 65.9 Å². The van der Waals surface area contributed by atoms with Gasteiger partial charge in [-0.15, -0.1) is 0 Å². The van der Waals surface area contributed by atoms with Crippen molar-refractivity contribution >= 4 is 22.4 Å². The van der Waals surface area contributed by atoms with Gasteiger partial charge in [-0.3, -0.25) is 9.78 Å². The number of rotatable bonds is 7. The minimum absolute atomic E-state index is 0.131. The zero-order valence-electron chi connectivity index (χ0n) is 18.8. The molecule has 2 fully saturated rings. The summed E-state index contributed by atoms with van der Waals surface area (Å²) in [4.78, 5) is 26.0. The van der Waals surface area contributed by atoms with Crippen molar-refractivity contribution in [3.8, 4) is 17.2 Å². The van der Waals surface area contributed by atoms with Crippen LogP contribution < -0.4 is 10.6 Å². The van der Waals surface area contributed by atoms with Gasteiger partial charge in [0.15, 0.2) is 5.78 Å².